The summed E-state index contributed by atoms with van der Waals surface area (Å²) in [6.45, 7) is 3.02. The monoisotopic (exact) mass is 320 g/mol. The van der Waals surface area contributed by atoms with E-state index < -0.39 is 4.92 Å². The maximum atomic E-state index is 12.2. The van der Waals surface area contributed by atoms with Crippen LogP contribution in [0.5, 0.6) is 5.75 Å². The average Bonchev–Trinajstić information content (AvgIpc) is 2.55. The molecule has 2 N–H and O–H groups in total. The van der Waals surface area contributed by atoms with Gasteiger partial charge in [-0.25, -0.2) is 0 Å². The number of likely N-dealkylation sites (tertiary alicyclic amines) is 1. The summed E-state index contributed by atoms with van der Waals surface area (Å²) in [5.41, 5.74) is 6.33. The van der Waals surface area contributed by atoms with E-state index in [4.69, 9.17) is 10.5 Å². The Morgan fingerprint density at radius 3 is 2.74 bits per heavy atom. The van der Waals surface area contributed by atoms with Gasteiger partial charge >= 0.3 is 0 Å². The number of hydrogen-bond acceptors (Lipinski definition) is 6. The van der Waals surface area contributed by atoms with Gasteiger partial charge in [-0.3, -0.25) is 14.9 Å². The van der Waals surface area contributed by atoms with Crippen LogP contribution < -0.4 is 15.4 Å². The van der Waals surface area contributed by atoms with Crippen molar-refractivity contribution < 1.29 is 14.5 Å². The number of nitro benzene ring substituents is 1. The smallest absolute Gasteiger partial charge is 0.271 e. The van der Waals surface area contributed by atoms with Crippen LogP contribution in [0.25, 0.3) is 0 Å². The van der Waals surface area contributed by atoms with Gasteiger partial charge in [0.25, 0.3) is 11.6 Å². The number of benzene rings is 1. The Morgan fingerprint density at radius 2 is 2.04 bits per heavy atom. The van der Waals surface area contributed by atoms with Crippen molar-refractivity contribution in [1.29, 1.82) is 0 Å². The van der Waals surface area contributed by atoms with Crippen LogP contribution >= 0.6 is 0 Å². The zero-order valence-electron chi connectivity index (χ0n) is 12.8. The predicted molar refractivity (Wildman–Crippen MR) is 84.6 cm³/mol. The van der Waals surface area contributed by atoms with E-state index in [2.05, 4.69) is 4.90 Å². The molecule has 0 aromatic heterocycles. The van der Waals surface area contributed by atoms with Gasteiger partial charge in [0.2, 0.25) is 0 Å². The van der Waals surface area contributed by atoms with Crippen molar-refractivity contribution in [2.75, 3.05) is 37.7 Å². The van der Waals surface area contributed by atoms with Gasteiger partial charge in [0.1, 0.15) is 5.75 Å². The van der Waals surface area contributed by atoms with Gasteiger partial charge < -0.3 is 20.3 Å². The number of nitro groups is 1. The highest BCUT2D eigenvalue weighted by Crippen LogP contribution is 2.35. The summed E-state index contributed by atoms with van der Waals surface area (Å²) in [6, 6.07) is 4.60. The molecule has 8 nitrogen and oxygen atoms in total. The summed E-state index contributed by atoms with van der Waals surface area (Å²) >= 11 is 0. The minimum absolute atomic E-state index is 0.0321. The van der Waals surface area contributed by atoms with Gasteiger partial charge in [0.05, 0.1) is 10.6 Å². The van der Waals surface area contributed by atoms with Crippen LogP contribution in [0.1, 0.15) is 12.8 Å². The molecule has 0 unspecified atom stereocenters. The van der Waals surface area contributed by atoms with E-state index in [9.17, 15) is 14.9 Å². The number of nitrogens with zero attached hydrogens (tertiary/aromatic N) is 3. The molecule has 0 bridgehead atoms. The summed E-state index contributed by atoms with van der Waals surface area (Å²) in [7, 11) is 0. The van der Waals surface area contributed by atoms with E-state index in [1.807, 2.05) is 0 Å². The summed E-state index contributed by atoms with van der Waals surface area (Å²) in [5.74, 6) is 0.336. The molecule has 0 atom stereocenters. The highest BCUT2D eigenvalue weighted by Gasteiger charge is 2.28. The molecular formula is C15H20N4O4. The first-order chi connectivity index (χ1) is 11.0. The van der Waals surface area contributed by atoms with Crippen molar-refractivity contribution in [3.63, 3.8) is 0 Å². The fourth-order valence-corrected chi connectivity index (χ4v) is 2.97. The summed E-state index contributed by atoms with van der Waals surface area (Å²) in [4.78, 5) is 26.5. The van der Waals surface area contributed by atoms with Crippen molar-refractivity contribution >= 4 is 17.3 Å². The molecule has 1 aromatic rings. The lowest BCUT2D eigenvalue weighted by Gasteiger charge is -2.34. The Bertz CT molecular complexity index is 613. The highest BCUT2D eigenvalue weighted by molar-refractivity contribution is 5.98. The molecule has 23 heavy (non-hydrogen) atoms. The summed E-state index contributed by atoms with van der Waals surface area (Å²) in [6.07, 6.45) is 1.91. The molecule has 1 fully saturated rings. The summed E-state index contributed by atoms with van der Waals surface area (Å²) < 4.78 is 5.36. The fourth-order valence-electron chi connectivity index (χ4n) is 2.97. The number of amides is 1. The van der Waals surface area contributed by atoms with Gasteiger partial charge in [0.15, 0.2) is 6.61 Å². The normalized spacial score (nSPS) is 19.3. The molecule has 0 spiro atoms. The molecule has 2 heterocycles. The number of rotatable bonds is 4. The number of carbonyl (C=O) groups excluding carboxylic acids is 1. The number of anilines is 1. The lowest BCUT2D eigenvalue weighted by molar-refractivity contribution is -0.384. The molecule has 0 aliphatic carbocycles. The maximum Gasteiger partial charge on any atom is 0.271 e. The molecule has 124 valence electrons. The van der Waals surface area contributed by atoms with E-state index in [0.717, 1.165) is 32.5 Å². The minimum Gasteiger partial charge on any atom is -0.482 e. The van der Waals surface area contributed by atoms with E-state index >= 15 is 0 Å². The van der Waals surface area contributed by atoms with E-state index in [0.29, 0.717) is 18.0 Å². The molecule has 8 heteroatoms. The second-order valence-electron chi connectivity index (χ2n) is 5.92. The molecule has 1 amide bonds. The van der Waals surface area contributed by atoms with Crippen LogP contribution in [-0.4, -0.2) is 54.6 Å². The second-order valence-corrected chi connectivity index (χ2v) is 5.92. The standard InChI is InChI=1S/C15H20N4O4/c16-11-3-5-17(6-4-11)7-8-18-13-9-12(19(21)22)1-2-14(13)23-10-15(18)20/h1-2,9,11H,3-8,10,16H2. The highest BCUT2D eigenvalue weighted by atomic mass is 16.6. The topological polar surface area (TPSA) is 102 Å². The van der Waals surface area contributed by atoms with Crippen LogP contribution in [0, 0.1) is 10.1 Å². The average molecular weight is 320 g/mol. The third-order valence-electron chi connectivity index (χ3n) is 4.37. The molecule has 1 saturated heterocycles. The van der Waals surface area contributed by atoms with Gasteiger partial charge in [0, 0.05) is 31.3 Å². The molecule has 0 radical (unpaired) electrons. The van der Waals surface area contributed by atoms with Gasteiger partial charge in [-0.1, -0.05) is 0 Å². The van der Waals surface area contributed by atoms with Gasteiger partial charge in [-0.05, 0) is 32.0 Å². The predicted octanol–water partition coefficient (Wildman–Crippen LogP) is 0.743. The molecule has 1 aromatic carbocycles. The molecule has 2 aliphatic heterocycles. The molecular weight excluding hydrogens is 300 g/mol. The van der Waals surface area contributed by atoms with E-state index in [-0.39, 0.29) is 24.2 Å². The number of piperidine rings is 1. The van der Waals surface area contributed by atoms with Gasteiger partial charge in [-0.2, -0.15) is 0 Å². The van der Waals surface area contributed by atoms with Crippen molar-refractivity contribution in [3.05, 3.63) is 28.3 Å². The fraction of sp³-hybridized carbons (Fsp3) is 0.533. The number of hydrogen-bond donors (Lipinski definition) is 1. The third kappa shape index (κ3) is 3.43. The largest absolute Gasteiger partial charge is 0.482 e. The van der Waals surface area contributed by atoms with Crippen LogP contribution in [0.3, 0.4) is 0 Å². The zero-order valence-corrected chi connectivity index (χ0v) is 12.8. The van der Waals surface area contributed by atoms with Gasteiger partial charge in [-0.15, -0.1) is 0 Å². The number of ether oxygens (including phenoxy) is 1. The first-order valence-corrected chi connectivity index (χ1v) is 7.74. The quantitative estimate of drug-likeness (QED) is 0.648. The Labute approximate surface area is 133 Å². The summed E-state index contributed by atoms with van der Waals surface area (Å²) in [5, 5.41) is 11.0. The van der Waals surface area contributed by atoms with Crippen molar-refractivity contribution in [3.8, 4) is 5.75 Å². The lowest BCUT2D eigenvalue weighted by Crippen LogP contribution is -2.46. The third-order valence-corrected chi connectivity index (χ3v) is 4.37. The number of nitrogens with two attached hydrogens (primary N) is 1. The van der Waals surface area contributed by atoms with E-state index in [1.165, 1.54) is 12.1 Å². The molecule has 2 aliphatic rings. The first kappa shape index (κ1) is 15.7. The SMILES string of the molecule is NC1CCN(CCN2C(=O)COc3ccc([N+](=O)[O-])cc32)CC1. The van der Waals surface area contributed by atoms with Crippen molar-refractivity contribution in [1.82, 2.24) is 4.90 Å². The Balaban J connectivity index is 1.73. The maximum absolute atomic E-state index is 12.2. The molecule has 3 rings (SSSR count). The Kier molecular flexibility index (Phi) is 4.44. The van der Waals surface area contributed by atoms with Crippen molar-refractivity contribution in [2.45, 2.75) is 18.9 Å². The first-order valence-electron chi connectivity index (χ1n) is 7.74. The van der Waals surface area contributed by atoms with Crippen LogP contribution in [-0.2, 0) is 4.79 Å². The van der Waals surface area contributed by atoms with Crippen LogP contribution in [0.15, 0.2) is 18.2 Å². The Hall–Kier alpha value is -2.19. The van der Waals surface area contributed by atoms with Crippen LogP contribution in [0.4, 0.5) is 11.4 Å². The Morgan fingerprint density at radius 1 is 1.30 bits per heavy atom. The lowest BCUT2D eigenvalue weighted by atomic mass is 10.1. The van der Waals surface area contributed by atoms with Crippen molar-refractivity contribution in [2.24, 2.45) is 5.73 Å². The number of fused-ring (bicyclic) bond motifs is 1. The van der Waals surface area contributed by atoms with E-state index in [1.54, 1.807) is 11.0 Å². The second kappa shape index (κ2) is 6.51. The number of carbonyl (C=O) groups is 1. The molecule has 0 saturated carbocycles. The zero-order chi connectivity index (χ0) is 16.4. The minimum atomic E-state index is -0.469. The van der Waals surface area contributed by atoms with Crippen LogP contribution in [0.2, 0.25) is 0 Å². The number of non-ortho nitro benzene ring substituents is 1.